The Morgan fingerprint density at radius 2 is 1.61 bits per heavy atom. The number of likely N-dealkylation sites (tertiary alicyclic amines) is 1. The summed E-state index contributed by atoms with van der Waals surface area (Å²) in [4.78, 5) is 24.7. The lowest BCUT2D eigenvalue weighted by atomic mass is 9.90. The van der Waals surface area contributed by atoms with Crippen molar-refractivity contribution in [3.8, 4) is 11.4 Å². The van der Waals surface area contributed by atoms with Gasteiger partial charge in [-0.2, -0.15) is 0 Å². The first-order chi connectivity index (χ1) is 15.3. The van der Waals surface area contributed by atoms with Crippen molar-refractivity contribution in [1.82, 2.24) is 14.9 Å². The van der Waals surface area contributed by atoms with E-state index in [9.17, 15) is 4.79 Å². The first kappa shape index (κ1) is 19.4. The molecule has 1 fully saturated rings. The van der Waals surface area contributed by atoms with E-state index in [2.05, 4.69) is 35.3 Å². The largest absolute Gasteiger partial charge is 0.339 e. The normalized spacial score (nSPS) is 14.6. The van der Waals surface area contributed by atoms with Crippen molar-refractivity contribution >= 4 is 16.8 Å². The third-order valence-corrected chi connectivity index (χ3v) is 6.14. The van der Waals surface area contributed by atoms with Gasteiger partial charge in [0.15, 0.2) is 0 Å². The predicted molar refractivity (Wildman–Crippen MR) is 124 cm³/mol. The topological polar surface area (TPSA) is 46.1 Å². The number of hydrogen-bond donors (Lipinski definition) is 0. The summed E-state index contributed by atoms with van der Waals surface area (Å²) >= 11 is 0. The van der Waals surface area contributed by atoms with Gasteiger partial charge in [0.2, 0.25) is 0 Å². The average molecular weight is 408 g/mol. The van der Waals surface area contributed by atoms with Gasteiger partial charge < -0.3 is 4.90 Å². The summed E-state index contributed by atoms with van der Waals surface area (Å²) in [5, 5.41) is 0.901. The maximum atomic E-state index is 13.5. The molecule has 1 saturated heterocycles. The highest BCUT2D eigenvalue weighted by molar-refractivity contribution is 6.07. The molecule has 4 aromatic rings. The number of fused-ring (bicyclic) bond motifs is 1. The number of hydrogen-bond acceptors (Lipinski definition) is 3. The third-order valence-electron chi connectivity index (χ3n) is 6.14. The van der Waals surface area contributed by atoms with Crippen LogP contribution in [0.5, 0.6) is 0 Å². The van der Waals surface area contributed by atoms with Crippen LogP contribution in [-0.2, 0) is 6.42 Å². The highest BCUT2D eigenvalue weighted by Gasteiger charge is 2.25. The Kier molecular flexibility index (Phi) is 5.44. The standard InChI is InChI=1S/C27H25N3O/c31-27(30-16-13-21(14-17-30)18-20-8-2-1-3-9-20)23-19-26(25-12-6-7-15-28-25)29-24-11-5-4-10-22(23)24/h1-12,15,19,21H,13-14,16-18H2. The molecule has 0 radical (unpaired) electrons. The number of piperidine rings is 1. The quantitative estimate of drug-likeness (QED) is 0.455. The van der Waals surface area contributed by atoms with Crippen molar-refractivity contribution in [3.63, 3.8) is 0 Å². The van der Waals surface area contributed by atoms with Crippen LogP contribution in [0.4, 0.5) is 0 Å². The van der Waals surface area contributed by atoms with Crippen LogP contribution in [0.1, 0.15) is 28.8 Å². The summed E-state index contributed by atoms with van der Waals surface area (Å²) in [6.07, 6.45) is 4.92. The Morgan fingerprint density at radius 1 is 0.871 bits per heavy atom. The summed E-state index contributed by atoms with van der Waals surface area (Å²) in [6.45, 7) is 1.60. The number of carbonyl (C=O) groups excluding carboxylic acids is 1. The molecule has 2 aromatic carbocycles. The molecule has 1 amide bonds. The fourth-order valence-corrected chi connectivity index (χ4v) is 4.46. The van der Waals surface area contributed by atoms with Gasteiger partial charge in [0, 0.05) is 24.7 Å². The molecule has 0 aliphatic carbocycles. The van der Waals surface area contributed by atoms with Crippen LogP contribution in [0.15, 0.2) is 85.1 Å². The number of benzene rings is 2. The molecule has 0 bridgehead atoms. The molecule has 31 heavy (non-hydrogen) atoms. The number of para-hydroxylation sites is 1. The third kappa shape index (κ3) is 4.19. The van der Waals surface area contributed by atoms with Crippen molar-refractivity contribution < 1.29 is 4.79 Å². The van der Waals surface area contributed by atoms with E-state index >= 15 is 0 Å². The highest BCUT2D eigenvalue weighted by atomic mass is 16.2. The van der Waals surface area contributed by atoms with Gasteiger partial charge in [-0.1, -0.05) is 54.6 Å². The van der Waals surface area contributed by atoms with Crippen molar-refractivity contribution in [2.24, 2.45) is 5.92 Å². The van der Waals surface area contributed by atoms with Gasteiger partial charge in [-0.3, -0.25) is 9.78 Å². The summed E-state index contributed by atoms with van der Waals surface area (Å²) in [6, 6.07) is 26.2. The SMILES string of the molecule is O=C(c1cc(-c2ccccn2)nc2ccccc12)N1CCC(Cc2ccccc2)CC1. The summed E-state index contributed by atoms with van der Waals surface area (Å²) in [5.41, 5.74) is 4.44. The number of rotatable bonds is 4. The fourth-order valence-electron chi connectivity index (χ4n) is 4.46. The zero-order valence-electron chi connectivity index (χ0n) is 17.4. The average Bonchev–Trinajstić information content (AvgIpc) is 2.84. The number of amides is 1. The van der Waals surface area contributed by atoms with Gasteiger partial charge in [0.25, 0.3) is 5.91 Å². The van der Waals surface area contributed by atoms with E-state index < -0.39 is 0 Å². The van der Waals surface area contributed by atoms with Crippen LogP contribution >= 0.6 is 0 Å². The van der Waals surface area contributed by atoms with Crippen LogP contribution in [0, 0.1) is 5.92 Å². The second-order valence-corrected chi connectivity index (χ2v) is 8.21. The molecule has 0 atom stereocenters. The van der Waals surface area contributed by atoms with Crippen molar-refractivity contribution in [1.29, 1.82) is 0 Å². The number of aromatic nitrogens is 2. The van der Waals surface area contributed by atoms with Crippen LogP contribution in [0.25, 0.3) is 22.3 Å². The molecule has 2 aromatic heterocycles. The van der Waals surface area contributed by atoms with Gasteiger partial charge in [-0.25, -0.2) is 4.98 Å². The van der Waals surface area contributed by atoms with Crippen molar-refractivity contribution in [2.45, 2.75) is 19.3 Å². The van der Waals surface area contributed by atoms with E-state index in [1.807, 2.05) is 53.4 Å². The Morgan fingerprint density at radius 3 is 2.39 bits per heavy atom. The summed E-state index contributed by atoms with van der Waals surface area (Å²) in [7, 11) is 0. The molecule has 0 unspecified atom stereocenters. The molecule has 1 aliphatic heterocycles. The molecule has 4 heteroatoms. The van der Waals surface area contributed by atoms with Crippen LogP contribution in [0.2, 0.25) is 0 Å². The van der Waals surface area contributed by atoms with E-state index in [1.165, 1.54) is 5.56 Å². The molecule has 0 saturated carbocycles. The minimum absolute atomic E-state index is 0.0916. The first-order valence-corrected chi connectivity index (χ1v) is 10.9. The smallest absolute Gasteiger partial charge is 0.254 e. The number of carbonyl (C=O) groups is 1. The summed E-state index contributed by atoms with van der Waals surface area (Å²) < 4.78 is 0. The van der Waals surface area contributed by atoms with Gasteiger partial charge >= 0.3 is 0 Å². The zero-order valence-corrected chi connectivity index (χ0v) is 17.4. The molecule has 4 nitrogen and oxygen atoms in total. The molecule has 154 valence electrons. The number of nitrogens with zero attached hydrogens (tertiary/aromatic N) is 3. The Hall–Kier alpha value is -3.53. The van der Waals surface area contributed by atoms with Gasteiger partial charge in [0.1, 0.15) is 0 Å². The van der Waals surface area contributed by atoms with Crippen LogP contribution < -0.4 is 0 Å². The van der Waals surface area contributed by atoms with Gasteiger partial charge in [0.05, 0.1) is 22.5 Å². The van der Waals surface area contributed by atoms with E-state index in [0.29, 0.717) is 11.5 Å². The fraction of sp³-hybridized carbons (Fsp3) is 0.222. The minimum atomic E-state index is 0.0916. The second kappa shape index (κ2) is 8.68. The van der Waals surface area contributed by atoms with Gasteiger partial charge in [-0.15, -0.1) is 0 Å². The molecule has 1 aliphatic rings. The number of pyridine rings is 2. The van der Waals surface area contributed by atoms with Crippen molar-refractivity contribution in [3.05, 3.63) is 96.2 Å². The lowest BCUT2D eigenvalue weighted by Crippen LogP contribution is -2.39. The highest BCUT2D eigenvalue weighted by Crippen LogP contribution is 2.27. The monoisotopic (exact) mass is 407 g/mol. The van der Waals surface area contributed by atoms with E-state index in [-0.39, 0.29) is 5.91 Å². The van der Waals surface area contributed by atoms with E-state index in [0.717, 1.165) is 54.6 Å². The van der Waals surface area contributed by atoms with E-state index in [1.54, 1.807) is 6.20 Å². The molecular weight excluding hydrogens is 382 g/mol. The Bertz CT molecular complexity index is 1180. The van der Waals surface area contributed by atoms with Crippen LogP contribution in [-0.4, -0.2) is 33.9 Å². The molecule has 5 rings (SSSR count). The zero-order chi connectivity index (χ0) is 21.0. The second-order valence-electron chi connectivity index (χ2n) is 8.21. The minimum Gasteiger partial charge on any atom is -0.339 e. The Balaban J connectivity index is 1.38. The summed E-state index contributed by atoms with van der Waals surface area (Å²) in [5.74, 6) is 0.721. The Labute approximate surface area is 182 Å². The predicted octanol–water partition coefficient (Wildman–Crippen LogP) is 5.39. The first-order valence-electron chi connectivity index (χ1n) is 10.9. The molecule has 0 spiro atoms. The lowest BCUT2D eigenvalue weighted by molar-refractivity contribution is 0.0692. The molecule has 3 heterocycles. The molecule has 0 N–H and O–H groups in total. The molecular formula is C27H25N3O. The maximum Gasteiger partial charge on any atom is 0.254 e. The van der Waals surface area contributed by atoms with Crippen molar-refractivity contribution in [2.75, 3.05) is 13.1 Å². The lowest BCUT2D eigenvalue weighted by Gasteiger charge is -2.32. The van der Waals surface area contributed by atoms with Crippen LogP contribution in [0.3, 0.4) is 0 Å². The maximum absolute atomic E-state index is 13.5. The van der Waals surface area contributed by atoms with E-state index in [4.69, 9.17) is 4.98 Å². The van der Waals surface area contributed by atoms with Gasteiger partial charge in [-0.05, 0) is 55.0 Å².